The summed E-state index contributed by atoms with van der Waals surface area (Å²) in [7, 11) is 0. The predicted octanol–water partition coefficient (Wildman–Crippen LogP) is 5.49. The highest BCUT2D eigenvalue weighted by Crippen LogP contribution is 2.56. The molecule has 12 heteroatoms. The second-order valence-electron chi connectivity index (χ2n) is 15.0. The summed E-state index contributed by atoms with van der Waals surface area (Å²) in [4.78, 5) is 19.2. The Labute approximate surface area is 279 Å². The molecule has 46 heavy (non-hydrogen) atoms. The summed E-state index contributed by atoms with van der Waals surface area (Å²) in [6.45, 7) is 17.4. The molecule has 5 fully saturated rings. The first-order valence-electron chi connectivity index (χ1n) is 16.6. The SMILES string of the molecule is C=CC(=O)N1CC2(CC(n3nc(N4CC[C@@H](CN(C5COC5)C5COC5)CC4(C)C)c(-c4c(Cl)c(Cl)cc5[nH]ncc45)c3C)C2)C1. The summed E-state index contributed by atoms with van der Waals surface area (Å²) in [5.74, 6) is 1.55. The van der Waals surface area contributed by atoms with Crippen molar-refractivity contribution >= 4 is 45.8 Å². The highest BCUT2D eigenvalue weighted by atomic mass is 35.5. The van der Waals surface area contributed by atoms with Crippen molar-refractivity contribution in [1.29, 1.82) is 0 Å². The van der Waals surface area contributed by atoms with E-state index >= 15 is 0 Å². The van der Waals surface area contributed by atoms with Crippen LogP contribution in [0.1, 0.15) is 51.3 Å². The van der Waals surface area contributed by atoms with Crippen LogP contribution >= 0.6 is 23.2 Å². The largest absolute Gasteiger partial charge is 0.378 e. The molecular formula is C34H43Cl2N7O3. The number of halogens is 2. The molecule has 1 aliphatic carbocycles. The van der Waals surface area contributed by atoms with Gasteiger partial charge in [-0.2, -0.15) is 10.2 Å². The van der Waals surface area contributed by atoms with Crippen molar-refractivity contribution in [2.45, 2.75) is 70.1 Å². The Morgan fingerprint density at radius 3 is 2.43 bits per heavy atom. The standard InChI is InChI=1S/C34H43Cl2N7O3/c1-5-28(44)40-18-34(19-40)10-22(11-34)43-20(2)29(30-25-12-37-38-27(25)8-26(35)31(30)36)32(39-43)42-7-6-21(9-33(42,3)4)13-41(23-14-45-15-23)24-16-46-17-24/h5,8,12,21-24H,1,6-7,9-11,13-19H2,2-4H3,(H,37,38)/t21-/m1/s1. The van der Waals surface area contributed by atoms with Crippen molar-refractivity contribution in [1.82, 2.24) is 29.8 Å². The Balaban J connectivity index is 1.12. The average molecular weight is 669 g/mol. The number of carbonyl (C=O) groups excluding carboxylic acids is 1. The van der Waals surface area contributed by atoms with E-state index in [1.54, 1.807) is 0 Å². The van der Waals surface area contributed by atoms with E-state index in [1.165, 1.54) is 6.08 Å². The fraction of sp³-hybridized carbons (Fsp3) is 0.618. The maximum absolute atomic E-state index is 12.1. The summed E-state index contributed by atoms with van der Waals surface area (Å²) in [5.41, 5.74) is 3.89. The Morgan fingerprint density at radius 2 is 1.83 bits per heavy atom. The minimum atomic E-state index is -0.137. The molecule has 2 aromatic heterocycles. The minimum Gasteiger partial charge on any atom is -0.378 e. The third-order valence-electron chi connectivity index (χ3n) is 11.4. The van der Waals surface area contributed by atoms with Gasteiger partial charge in [0.05, 0.1) is 66.3 Å². The number of aromatic amines is 1. The van der Waals surface area contributed by atoms with E-state index in [0.29, 0.717) is 28.0 Å². The lowest BCUT2D eigenvalue weighted by Crippen LogP contribution is -2.63. The van der Waals surface area contributed by atoms with Gasteiger partial charge in [0.2, 0.25) is 5.91 Å². The normalized spacial score (nSPS) is 24.6. The first-order chi connectivity index (χ1) is 22.1. The van der Waals surface area contributed by atoms with Gasteiger partial charge in [0.1, 0.15) is 0 Å². The zero-order valence-corrected chi connectivity index (χ0v) is 28.4. The molecule has 0 bridgehead atoms. The smallest absolute Gasteiger partial charge is 0.245 e. The van der Waals surface area contributed by atoms with Crippen molar-refractivity contribution in [3.05, 3.63) is 40.7 Å². The van der Waals surface area contributed by atoms with Gasteiger partial charge in [-0.25, -0.2) is 0 Å². The van der Waals surface area contributed by atoms with Gasteiger partial charge >= 0.3 is 0 Å². The Bertz CT molecular complexity index is 1660. The number of piperidine rings is 1. The maximum atomic E-state index is 12.1. The van der Waals surface area contributed by atoms with Crippen LogP contribution in [0.4, 0.5) is 5.82 Å². The van der Waals surface area contributed by atoms with Crippen molar-refractivity contribution in [2.75, 3.05) is 57.5 Å². The minimum absolute atomic E-state index is 0.0180. The number of likely N-dealkylation sites (tertiary alicyclic amines) is 1. The number of hydrogen-bond acceptors (Lipinski definition) is 7. The second-order valence-corrected chi connectivity index (χ2v) is 15.8. The lowest BCUT2D eigenvalue weighted by molar-refractivity contribution is -0.149. The molecule has 1 spiro atoms. The first kappa shape index (κ1) is 30.7. The van der Waals surface area contributed by atoms with Gasteiger partial charge in [-0.3, -0.25) is 19.5 Å². The van der Waals surface area contributed by atoms with E-state index in [2.05, 4.69) is 52.0 Å². The predicted molar refractivity (Wildman–Crippen MR) is 180 cm³/mol. The molecule has 5 aliphatic rings. The van der Waals surface area contributed by atoms with E-state index in [9.17, 15) is 4.79 Å². The molecule has 0 radical (unpaired) electrons. The molecule has 10 nitrogen and oxygen atoms in total. The molecule has 1 atom stereocenters. The molecule has 1 saturated carbocycles. The molecule has 4 saturated heterocycles. The summed E-state index contributed by atoms with van der Waals surface area (Å²) < 4.78 is 13.4. The number of ether oxygens (including phenoxy) is 2. The van der Waals surface area contributed by atoms with E-state index in [4.69, 9.17) is 37.8 Å². The number of amides is 1. The Hall–Kier alpha value is -2.63. The number of H-pyrrole nitrogens is 1. The number of aromatic nitrogens is 4. The third-order valence-corrected chi connectivity index (χ3v) is 12.2. The number of hydrogen-bond donors (Lipinski definition) is 1. The van der Waals surface area contributed by atoms with Crippen LogP contribution in [-0.2, 0) is 14.3 Å². The van der Waals surface area contributed by atoms with Crippen LogP contribution in [0.5, 0.6) is 0 Å². The number of nitrogens with one attached hydrogen (secondary N) is 1. The topological polar surface area (TPSA) is 91.8 Å². The van der Waals surface area contributed by atoms with Crippen LogP contribution in [0, 0.1) is 18.3 Å². The quantitative estimate of drug-likeness (QED) is 0.318. The molecule has 1 aromatic carbocycles. The number of anilines is 1. The Kier molecular flexibility index (Phi) is 7.49. The fourth-order valence-electron chi connectivity index (χ4n) is 8.84. The number of nitrogens with zero attached hydrogens (tertiary/aromatic N) is 6. The van der Waals surface area contributed by atoms with Gasteiger partial charge in [-0.05, 0) is 64.5 Å². The molecule has 6 heterocycles. The molecule has 1 amide bonds. The van der Waals surface area contributed by atoms with Crippen LogP contribution in [0.15, 0.2) is 24.9 Å². The summed E-state index contributed by atoms with van der Waals surface area (Å²) in [6, 6.07) is 3.12. The van der Waals surface area contributed by atoms with Crippen molar-refractivity contribution in [3.8, 4) is 11.1 Å². The number of carbonyl (C=O) groups is 1. The molecule has 3 aromatic rings. The zero-order valence-electron chi connectivity index (χ0n) is 26.9. The van der Waals surface area contributed by atoms with Crippen LogP contribution in [0.25, 0.3) is 22.0 Å². The Morgan fingerprint density at radius 1 is 1.13 bits per heavy atom. The molecular weight excluding hydrogens is 625 g/mol. The first-order valence-corrected chi connectivity index (χ1v) is 17.3. The van der Waals surface area contributed by atoms with Crippen molar-refractivity contribution in [2.24, 2.45) is 11.3 Å². The van der Waals surface area contributed by atoms with E-state index < -0.39 is 0 Å². The summed E-state index contributed by atoms with van der Waals surface area (Å²) in [5, 5.41) is 14.8. The number of rotatable bonds is 8. The molecule has 8 rings (SSSR count). The van der Waals surface area contributed by atoms with Gasteiger partial charge in [0.15, 0.2) is 5.82 Å². The highest BCUT2D eigenvalue weighted by molar-refractivity contribution is 6.45. The zero-order chi connectivity index (χ0) is 32.0. The van der Waals surface area contributed by atoms with Gasteiger partial charge in [-0.15, -0.1) is 0 Å². The van der Waals surface area contributed by atoms with E-state index in [-0.39, 0.29) is 22.9 Å². The van der Waals surface area contributed by atoms with Crippen molar-refractivity contribution < 1.29 is 14.3 Å². The van der Waals surface area contributed by atoms with Crippen LogP contribution in [0.2, 0.25) is 10.0 Å². The maximum Gasteiger partial charge on any atom is 0.245 e. The van der Waals surface area contributed by atoms with Gasteiger partial charge in [-0.1, -0.05) is 29.8 Å². The fourth-order valence-corrected chi connectivity index (χ4v) is 9.30. The monoisotopic (exact) mass is 667 g/mol. The molecule has 1 N–H and O–H groups in total. The van der Waals surface area contributed by atoms with E-state index in [0.717, 1.165) is 112 Å². The van der Waals surface area contributed by atoms with Gasteiger partial charge in [0, 0.05) is 59.3 Å². The lowest BCUT2D eigenvalue weighted by Gasteiger charge is -2.58. The number of fused-ring (bicyclic) bond motifs is 1. The molecule has 4 aliphatic heterocycles. The van der Waals surface area contributed by atoms with Crippen LogP contribution in [0.3, 0.4) is 0 Å². The summed E-state index contributed by atoms with van der Waals surface area (Å²) in [6.07, 6.45) is 7.38. The third kappa shape index (κ3) is 4.89. The number of benzene rings is 1. The highest BCUT2D eigenvalue weighted by Gasteiger charge is 2.55. The van der Waals surface area contributed by atoms with E-state index in [1.807, 2.05) is 17.2 Å². The van der Waals surface area contributed by atoms with Gasteiger partial charge < -0.3 is 19.3 Å². The van der Waals surface area contributed by atoms with Crippen molar-refractivity contribution in [3.63, 3.8) is 0 Å². The lowest BCUT2D eigenvalue weighted by atomic mass is 9.60. The van der Waals surface area contributed by atoms with Crippen LogP contribution in [-0.4, -0.2) is 106 Å². The summed E-state index contributed by atoms with van der Waals surface area (Å²) >= 11 is 13.8. The molecule has 246 valence electrons. The van der Waals surface area contributed by atoms with Gasteiger partial charge in [0.25, 0.3) is 0 Å². The second kappa shape index (κ2) is 11.2. The average Bonchev–Trinajstić information content (AvgIpc) is 3.49. The van der Waals surface area contributed by atoms with Crippen LogP contribution < -0.4 is 4.90 Å². The molecule has 0 unspecified atom stereocenters.